The Balaban J connectivity index is 1.23. The number of carbonyl (C=O) groups excluding carboxylic acids is 2. The molecule has 6 rings (SSSR count). The molecule has 2 amide bonds. The maximum absolute atomic E-state index is 14.0. The fraction of sp³-hybridized carbons (Fsp3) is 0.414. The SMILES string of the molecule is Cc1cccc(-c2sc(C3CC3)nc2C(=O)N2CCCC[C@H]2CNC(=O)c2cccc3c2CCO3)c1. The summed E-state index contributed by atoms with van der Waals surface area (Å²) in [6.07, 6.45) is 5.96. The molecule has 1 saturated carbocycles. The first-order chi connectivity index (χ1) is 17.6. The van der Waals surface area contributed by atoms with E-state index in [2.05, 4.69) is 30.4 Å². The summed E-state index contributed by atoms with van der Waals surface area (Å²) in [6.45, 7) is 3.82. The summed E-state index contributed by atoms with van der Waals surface area (Å²) in [4.78, 5) is 34.8. The van der Waals surface area contributed by atoms with Gasteiger partial charge in [-0.1, -0.05) is 35.9 Å². The van der Waals surface area contributed by atoms with Gasteiger partial charge >= 0.3 is 0 Å². The summed E-state index contributed by atoms with van der Waals surface area (Å²) in [5, 5.41) is 4.20. The molecular formula is C29H31N3O3S. The van der Waals surface area contributed by atoms with Crippen molar-refractivity contribution in [3.05, 3.63) is 69.9 Å². The van der Waals surface area contributed by atoms with Gasteiger partial charge in [0, 0.05) is 42.6 Å². The first kappa shape index (κ1) is 23.2. The van der Waals surface area contributed by atoms with Crippen LogP contribution in [0.4, 0.5) is 0 Å². The van der Waals surface area contributed by atoms with Gasteiger partial charge in [0.15, 0.2) is 0 Å². The Morgan fingerprint density at radius 3 is 2.83 bits per heavy atom. The first-order valence-corrected chi connectivity index (χ1v) is 13.8. The number of rotatable bonds is 6. The molecular weight excluding hydrogens is 470 g/mol. The Hall–Kier alpha value is -3.19. The second-order valence-electron chi connectivity index (χ2n) is 10.1. The van der Waals surface area contributed by atoms with Crippen molar-refractivity contribution in [2.75, 3.05) is 19.7 Å². The van der Waals surface area contributed by atoms with Gasteiger partial charge in [0.25, 0.3) is 11.8 Å². The van der Waals surface area contributed by atoms with E-state index in [1.807, 2.05) is 29.2 Å². The molecule has 3 heterocycles. The molecule has 0 unspecified atom stereocenters. The van der Waals surface area contributed by atoms with Crippen molar-refractivity contribution < 1.29 is 14.3 Å². The minimum absolute atomic E-state index is 0.0115. The molecule has 1 atom stereocenters. The number of likely N-dealkylation sites (tertiary alicyclic amines) is 1. The lowest BCUT2D eigenvalue weighted by atomic mass is 10.00. The van der Waals surface area contributed by atoms with Gasteiger partial charge in [-0.3, -0.25) is 9.59 Å². The fourth-order valence-electron chi connectivity index (χ4n) is 5.32. The van der Waals surface area contributed by atoms with Crippen molar-refractivity contribution in [3.63, 3.8) is 0 Å². The van der Waals surface area contributed by atoms with Crippen LogP contribution in [-0.2, 0) is 6.42 Å². The molecule has 1 aromatic heterocycles. The van der Waals surface area contributed by atoms with Crippen molar-refractivity contribution >= 4 is 23.2 Å². The van der Waals surface area contributed by atoms with Crippen LogP contribution in [-0.4, -0.2) is 47.4 Å². The normalized spacial score (nSPS) is 19.0. The number of thiazole rings is 1. The van der Waals surface area contributed by atoms with Crippen LogP contribution in [0.3, 0.4) is 0 Å². The van der Waals surface area contributed by atoms with Crippen molar-refractivity contribution in [3.8, 4) is 16.2 Å². The molecule has 2 aromatic carbocycles. The largest absolute Gasteiger partial charge is 0.493 e. The van der Waals surface area contributed by atoms with E-state index in [0.717, 1.165) is 65.3 Å². The summed E-state index contributed by atoms with van der Waals surface area (Å²) >= 11 is 1.67. The second-order valence-corrected chi connectivity index (χ2v) is 11.1. The van der Waals surface area contributed by atoms with Crippen molar-refractivity contribution in [2.45, 2.75) is 57.4 Å². The Labute approximate surface area is 215 Å². The average Bonchev–Trinajstić information content (AvgIpc) is 3.46. The molecule has 1 saturated heterocycles. The van der Waals surface area contributed by atoms with Crippen LogP contribution in [0, 0.1) is 6.92 Å². The predicted octanol–water partition coefficient (Wildman–Crippen LogP) is 5.36. The molecule has 2 aliphatic heterocycles. The summed E-state index contributed by atoms with van der Waals surface area (Å²) in [5.41, 5.74) is 4.45. The highest BCUT2D eigenvalue weighted by Gasteiger charge is 2.34. The number of aromatic nitrogens is 1. The number of ether oxygens (including phenoxy) is 1. The molecule has 2 fully saturated rings. The predicted molar refractivity (Wildman–Crippen MR) is 141 cm³/mol. The molecule has 0 radical (unpaired) electrons. The highest BCUT2D eigenvalue weighted by atomic mass is 32.1. The number of carbonyl (C=O) groups is 2. The summed E-state index contributed by atoms with van der Waals surface area (Å²) in [7, 11) is 0. The van der Waals surface area contributed by atoms with Gasteiger partial charge in [-0.25, -0.2) is 4.98 Å². The maximum Gasteiger partial charge on any atom is 0.274 e. The molecule has 1 N–H and O–H groups in total. The van der Waals surface area contributed by atoms with Crippen LogP contribution in [0.25, 0.3) is 10.4 Å². The Kier molecular flexibility index (Phi) is 6.25. The molecule has 3 aromatic rings. The van der Waals surface area contributed by atoms with Gasteiger partial charge in [0.05, 0.1) is 16.5 Å². The third-order valence-corrected chi connectivity index (χ3v) is 8.69. The molecule has 6 nitrogen and oxygen atoms in total. The summed E-state index contributed by atoms with van der Waals surface area (Å²) < 4.78 is 5.62. The van der Waals surface area contributed by atoms with Crippen molar-refractivity contribution in [2.24, 2.45) is 0 Å². The van der Waals surface area contributed by atoms with Crippen LogP contribution >= 0.6 is 11.3 Å². The van der Waals surface area contributed by atoms with Gasteiger partial charge in [0.2, 0.25) is 0 Å². The number of amides is 2. The van der Waals surface area contributed by atoms with E-state index in [9.17, 15) is 9.59 Å². The van der Waals surface area contributed by atoms with Gasteiger partial charge in [0.1, 0.15) is 11.4 Å². The Bertz CT molecular complexity index is 1310. The third kappa shape index (κ3) is 4.52. The standard InChI is InChI=1S/C29H31N3O3S/c1-18-6-4-7-20(16-18)26-25(31-28(36-26)19-11-12-19)29(34)32-14-3-2-8-21(32)17-30-27(33)23-9-5-10-24-22(23)13-15-35-24/h4-7,9-10,16,19,21H,2-3,8,11-15,17H2,1H3,(H,30,33)/t21-/m0/s1. The lowest BCUT2D eigenvalue weighted by Crippen LogP contribution is -2.49. The molecule has 0 bridgehead atoms. The van der Waals surface area contributed by atoms with Crippen molar-refractivity contribution in [1.82, 2.24) is 15.2 Å². The Morgan fingerprint density at radius 2 is 2.00 bits per heavy atom. The molecule has 3 aliphatic rings. The van der Waals surface area contributed by atoms with Crippen LogP contribution in [0.15, 0.2) is 42.5 Å². The van der Waals surface area contributed by atoms with Gasteiger partial charge in [-0.15, -0.1) is 11.3 Å². The molecule has 36 heavy (non-hydrogen) atoms. The lowest BCUT2D eigenvalue weighted by Gasteiger charge is -2.35. The number of aryl methyl sites for hydroxylation is 1. The van der Waals surface area contributed by atoms with E-state index in [1.165, 1.54) is 5.56 Å². The topological polar surface area (TPSA) is 71.5 Å². The highest BCUT2D eigenvalue weighted by molar-refractivity contribution is 7.15. The number of nitrogens with zero attached hydrogens (tertiary/aromatic N) is 2. The third-order valence-electron chi connectivity index (χ3n) is 7.43. The highest BCUT2D eigenvalue weighted by Crippen LogP contribution is 2.45. The van der Waals surface area contributed by atoms with E-state index in [1.54, 1.807) is 11.3 Å². The van der Waals surface area contributed by atoms with Gasteiger partial charge in [-0.2, -0.15) is 0 Å². The zero-order chi connectivity index (χ0) is 24.6. The monoisotopic (exact) mass is 501 g/mol. The number of hydrogen-bond acceptors (Lipinski definition) is 5. The number of fused-ring (bicyclic) bond motifs is 1. The van der Waals surface area contributed by atoms with Crippen LogP contribution < -0.4 is 10.1 Å². The summed E-state index contributed by atoms with van der Waals surface area (Å²) in [5.74, 6) is 1.19. The zero-order valence-corrected chi connectivity index (χ0v) is 21.4. The average molecular weight is 502 g/mol. The molecule has 1 aliphatic carbocycles. The minimum Gasteiger partial charge on any atom is -0.493 e. The zero-order valence-electron chi connectivity index (χ0n) is 20.6. The fourth-order valence-corrected chi connectivity index (χ4v) is 6.55. The quantitative estimate of drug-likeness (QED) is 0.494. The van der Waals surface area contributed by atoms with Crippen molar-refractivity contribution in [1.29, 1.82) is 0 Å². The number of hydrogen-bond donors (Lipinski definition) is 1. The first-order valence-electron chi connectivity index (χ1n) is 13.0. The van der Waals surface area contributed by atoms with Crippen LogP contribution in [0.5, 0.6) is 5.75 Å². The van der Waals surface area contributed by atoms with E-state index < -0.39 is 0 Å². The minimum atomic E-state index is -0.0968. The van der Waals surface area contributed by atoms with E-state index in [-0.39, 0.29) is 17.9 Å². The van der Waals surface area contributed by atoms with Gasteiger partial charge < -0.3 is 15.0 Å². The van der Waals surface area contributed by atoms with Gasteiger partial charge in [-0.05, 0) is 56.7 Å². The maximum atomic E-state index is 14.0. The van der Waals surface area contributed by atoms with E-state index >= 15 is 0 Å². The van der Waals surface area contributed by atoms with Crippen LogP contribution in [0.2, 0.25) is 0 Å². The number of nitrogens with one attached hydrogen (secondary N) is 1. The summed E-state index contributed by atoms with van der Waals surface area (Å²) in [6, 6.07) is 13.9. The molecule has 186 valence electrons. The number of piperidine rings is 1. The smallest absolute Gasteiger partial charge is 0.274 e. The Morgan fingerprint density at radius 1 is 1.14 bits per heavy atom. The van der Waals surface area contributed by atoms with E-state index in [4.69, 9.17) is 9.72 Å². The molecule has 0 spiro atoms. The molecule has 7 heteroatoms. The number of benzene rings is 2. The van der Waals surface area contributed by atoms with Crippen LogP contribution in [0.1, 0.15) is 75.0 Å². The second kappa shape index (κ2) is 9.69. The van der Waals surface area contributed by atoms with E-state index in [0.29, 0.717) is 36.9 Å². The lowest BCUT2D eigenvalue weighted by molar-refractivity contribution is 0.0598.